The molecule has 92 valence electrons. The maximum atomic E-state index is 11.8. The Balaban J connectivity index is 1.87. The highest BCUT2D eigenvalue weighted by atomic mass is 79.9. The Bertz CT molecular complexity index is 394. The number of rotatable bonds is 3. The van der Waals surface area contributed by atoms with Gasteiger partial charge in [0.25, 0.3) is 5.91 Å². The first-order valence-corrected chi connectivity index (χ1v) is 6.15. The van der Waals surface area contributed by atoms with E-state index in [4.69, 9.17) is 9.47 Å². The third kappa shape index (κ3) is 3.49. The van der Waals surface area contributed by atoms with Crippen LogP contribution < -0.4 is 5.32 Å². The predicted octanol–water partition coefficient (Wildman–Crippen LogP) is 0.989. The zero-order chi connectivity index (χ0) is 12.1. The van der Waals surface area contributed by atoms with Crippen molar-refractivity contribution in [1.82, 2.24) is 10.3 Å². The summed E-state index contributed by atoms with van der Waals surface area (Å²) in [5.41, 5.74) is 0.379. The van der Waals surface area contributed by atoms with Crippen molar-refractivity contribution in [1.29, 1.82) is 0 Å². The number of carbonyl (C=O) groups excluding carboxylic acids is 1. The molecule has 0 saturated carbocycles. The van der Waals surface area contributed by atoms with Crippen molar-refractivity contribution in [3.8, 4) is 0 Å². The molecular weight excluding hydrogens is 288 g/mol. The van der Waals surface area contributed by atoms with Crippen molar-refractivity contribution in [3.63, 3.8) is 0 Å². The summed E-state index contributed by atoms with van der Waals surface area (Å²) in [5.74, 6) is -0.216. The standard InChI is InChI=1S/C11H13BrN2O3/c12-9-2-1-3-13-10(9)11(15)14-6-8-7-16-4-5-17-8/h1-3,8H,4-7H2,(H,14,15). The van der Waals surface area contributed by atoms with E-state index in [1.165, 1.54) is 0 Å². The van der Waals surface area contributed by atoms with Gasteiger partial charge >= 0.3 is 0 Å². The number of carbonyl (C=O) groups is 1. The summed E-state index contributed by atoms with van der Waals surface area (Å²) in [5, 5.41) is 2.77. The van der Waals surface area contributed by atoms with Gasteiger partial charge < -0.3 is 14.8 Å². The first-order chi connectivity index (χ1) is 8.27. The Morgan fingerprint density at radius 2 is 2.47 bits per heavy atom. The molecule has 1 unspecified atom stereocenters. The van der Waals surface area contributed by atoms with Crippen LogP contribution in [-0.4, -0.2) is 43.4 Å². The van der Waals surface area contributed by atoms with Crippen LogP contribution in [0.25, 0.3) is 0 Å². The monoisotopic (exact) mass is 300 g/mol. The summed E-state index contributed by atoms with van der Waals surface area (Å²) in [6, 6.07) is 3.54. The fourth-order valence-corrected chi connectivity index (χ4v) is 1.93. The van der Waals surface area contributed by atoms with Gasteiger partial charge in [-0.05, 0) is 28.1 Å². The molecule has 1 saturated heterocycles. The number of aromatic nitrogens is 1. The van der Waals surface area contributed by atoms with Gasteiger partial charge in [-0.25, -0.2) is 4.98 Å². The third-order valence-electron chi connectivity index (χ3n) is 2.35. The van der Waals surface area contributed by atoms with Gasteiger partial charge in [0.1, 0.15) is 5.69 Å². The van der Waals surface area contributed by atoms with Crippen molar-refractivity contribution in [2.24, 2.45) is 0 Å². The molecule has 1 N–H and O–H groups in total. The van der Waals surface area contributed by atoms with Crippen LogP contribution in [0.4, 0.5) is 0 Å². The van der Waals surface area contributed by atoms with Crippen molar-refractivity contribution >= 4 is 21.8 Å². The van der Waals surface area contributed by atoms with E-state index in [1.807, 2.05) is 0 Å². The van der Waals surface area contributed by atoms with Gasteiger partial charge in [-0.3, -0.25) is 4.79 Å². The van der Waals surface area contributed by atoms with Gasteiger partial charge in [0.2, 0.25) is 0 Å². The van der Waals surface area contributed by atoms with Crippen molar-refractivity contribution in [2.45, 2.75) is 6.10 Å². The van der Waals surface area contributed by atoms with E-state index in [0.29, 0.717) is 36.5 Å². The lowest BCUT2D eigenvalue weighted by molar-refractivity contribution is -0.0855. The average molecular weight is 301 g/mol. The second-order valence-electron chi connectivity index (χ2n) is 3.61. The van der Waals surface area contributed by atoms with Gasteiger partial charge in [-0.1, -0.05) is 0 Å². The van der Waals surface area contributed by atoms with Gasteiger partial charge in [0.05, 0.1) is 25.9 Å². The molecule has 1 atom stereocenters. The Morgan fingerprint density at radius 3 is 3.18 bits per heavy atom. The van der Waals surface area contributed by atoms with E-state index < -0.39 is 0 Å². The molecular formula is C11H13BrN2O3. The molecule has 1 amide bonds. The normalized spacial score (nSPS) is 19.9. The lowest BCUT2D eigenvalue weighted by Gasteiger charge is -2.23. The van der Waals surface area contributed by atoms with E-state index in [0.717, 1.165) is 0 Å². The molecule has 1 fully saturated rings. The SMILES string of the molecule is O=C(NCC1COCCO1)c1ncccc1Br. The molecule has 0 bridgehead atoms. The number of amides is 1. The number of hydrogen-bond donors (Lipinski definition) is 1. The highest BCUT2D eigenvalue weighted by Gasteiger charge is 2.17. The van der Waals surface area contributed by atoms with E-state index in [-0.39, 0.29) is 12.0 Å². The van der Waals surface area contributed by atoms with Crippen LogP contribution in [0.1, 0.15) is 10.5 Å². The fraction of sp³-hybridized carbons (Fsp3) is 0.455. The Hall–Kier alpha value is -0.980. The number of hydrogen-bond acceptors (Lipinski definition) is 4. The van der Waals surface area contributed by atoms with Gasteiger partial charge in [-0.2, -0.15) is 0 Å². The first kappa shape index (κ1) is 12.5. The van der Waals surface area contributed by atoms with Crippen LogP contribution in [0.5, 0.6) is 0 Å². The summed E-state index contributed by atoms with van der Waals surface area (Å²) in [4.78, 5) is 15.8. The van der Waals surface area contributed by atoms with E-state index in [1.54, 1.807) is 18.3 Å². The number of ether oxygens (including phenoxy) is 2. The molecule has 1 aliphatic rings. The van der Waals surface area contributed by atoms with E-state index in [2.05, 4.69) is 26.2 Å². The third-order valence-corrected chi connectivity index (χ3v) is 2.99. The molecule has 1 aliphatic heterocycles. The van der Waals surface area contributed by atoms with Gasteiger partial charge in [0.15, 0.2) is 0 Å². The molecule has 1 aromatic rings. The van der Waals surface area contributed by atoms with Crippen molar-refractivity contribution < 1.29 is 14.3 Å². The van der Waals surface area contributed by atoms with Crippen LogP contribution in [0.3, 0.4) is 0 Å². The van der Waals surface area contributed by atoms with Gasteiger partial charge in [0, 0.05) is 17.2 Å². The highest BCUT2D eigenvalue weighted by Crippen LogP contribution is 2.12. The number of nitrogens with zero attached hydrogens (tertiary/aromatic N) is 1. The van der Waals surface area contributed by atoms with E-state index in [9.17, 15) is 4.79 Å². The topological polar surface area (TPSA) is 60.5 Å². The van der Waals surface area contributed by atoms with E-state index >= 15 is 0 Å². The Labute approximate surface area is 108 Å². The number of nitrogens with one attached hydrogen (secondary N) is 1. The molecule has 2 rings (SSSR count). The summed E-state index contributed by atoms with van der Waals surface area (Å²) >= 11 is 3.28. The van der Waals surface area contributed by atoms with Crippen LogP contribution in [0.15, 0.2) is 22.8 Å². The second kappa shape index (κ2) is 6.09. The summed E-state index contributed by atoms with van der Waals surface area (Å²) in [7, 11) is 0. The van der Waals surface area contributed by atoms with Crippen LogP contribution in [-0.2, 0) is 9.47 Å². The van der Waals surface area contributed by atoms with Crippen LogP contribution in [0.2, 0.25) is 0 Å². The first-order valence-electron chi connectivity index (χ1n) is 5.35. The molecule has 17 heavy (non-hydrogen) atoms. The quantitative estimate of drug-likeness (QED) is 0.904. The van der Waals surface area contributed by atoms with Crippen LogP contribution >= 0.6 is 15.9 Å². The molecule has 1 aromatic heterocycles. The zero-order valence-electron chi connectivity index (χ0n) is 9.19. The zero-order valence-corrected chi connectivity index (χ0v) is 10.8. The minimum Gasteiger partial charge on any atom is -0.376 e. The predicted molar refractivity (Wildman–Crippen MR) is 64.8 cm³/mol. The van der Waals surface area contributed by atoms with Crippen molar-refractivity contribution in [3.05, 3.63) is 28.5 Å². The van der Waals surface area contributed by atoms with Gasteiger partial charge in [-0.15, -0.1) is 0 Å². The lowest BCUT2D eigenvalue weighted by Crippen LogP contribution is -2.40. The molecule has 2 heterocycles. The highest BCUT2D eigenvalue weighted by molar-refractivity contribution is 9.10. The fourth-order valence-electron chi connectivity index (χ4n) is 1.50. The summed E-state index contributed by atoms with van der Waals surface area (Å²) in [6.45, 7) is 2.15. The lowest BCUT2D eigenvalue weighted by atomic mass is 10.3. The van der Waals surface area contributed by atoms with Crippen LogP contribution in [0, 0.1) is 0 Å². The largest absolute Gasteiger partial charge is 0.376 e. The molecule has 0 spiro atoms. The maximum Gasteiger partial charge on any atom is 0.271 e. The smallest absolute Gasteiger partial charge is 0.271 e. The molecule has 0 radical (unpaired) electrons. The molecule has 0 aliphatic carbocycles. The summed E-state index contributed by atoms with van der Waals surface area (Å²) < 4.78 is 11.3. The average Bonchev–Trinajstić information content (AvgIpc) is 2.38. The second-order valence-corrected chi connectivity index (χ2v) is 4.47. The molecule has 6 heteroatoms. The minimum absolute atomic E-state index is 0.0739. The molecule has 5 nitrogen and oxygen atoms in total. The molecule has 0 aromatic carbocycles. The Morgan fingerprint density at radius 1 is 1.59 bits per heavy atom. The summed E-state index contributed by atoms with van der Waals surface area (Å²) in [6.07, 6.45) is 1.51. The van der Waals surface area contributed by atoms with Crippen molar-refractivity contribution in [2.75, 3.05) is 26.4 Å². The minimum atomic E-state index is -0.216. The number of halogens is 1. The number of pyridine rings is 1. The maximum absolute atomic E-state index is 11.8. The Kier molecular flexibility index (Phi) is 4.47.